The van der Waals surface area contributed by atoms with Crippen molar-refractivity contribution in [1.29, 1.82) is 0 Å². The van der Waals surface area contributed by atoms with Crippen LogP contribution in [0.2, 0.25) is 0 Å². The van der Waals surface area contributed by atoms with Crippen molar-refractivity contribution in [2.24, 2.45) is 10.9 Å². The predicted octanol–water partition coefficient (Wildman–Crippen LogP) is -0.275. The summed E-state index contributed by atoms with van der Waals surface area (Å²) in [6.07, 6.45) is 0. The van der Waals surface area contributed by atoms with E-state index >= 15 is 0 Å². The molecule has 100 valence electrons. The van der Waals surface area contributed by atoms with Gasteiger partial charge in [-0.15, -0.1) is 0 Å². The summed E-state index contributed by atoms with van der Waals surface area (Å²) in [6, 6.07) is 6.68. The Bertz CT molecular complexity index is 510. The van der Waals surface area contributed by atoms with Crippen molar-refractivity contribution in [3.05, 3.63) is 35.4 Å². The third kappa shape index (κ3) is 4.32. The van der Waals surface area contributed by atoms with Crippen LogP contribution >= 0.6 is 0 Å². The summed E-state index contributed by atoms with van der Waals surface area (Å²) in [5, 5.41) is 11.4. The maximum absolute atomic E-state index is 11.3. The molecule has 0 saturated carbocycles. The van der Waals surface area contributed by atoms with E-state index in [2.05, 4.69) is 14.6 Å². The molecule has 0 heterocycles. The van der Waals surface area contributed by atoms with E-state index in [0.29, 0.717) is 12.1 Å². The van der Waals surface area contributed by atoms with Gasteiger partial charge in [0, 0.05) is 18.7 Å². The second kappa shape index (κ2) is 6.34. The van der Waals surface area contributed by atoms with Crippen LogP contribution in [0.1, 0.15) is 18.1 Å². The fourth-order valence-electron chi connectivity index (χ4n) is 1.27. The van der Waals surface area contributed by atoms with Gasteiger partial charge < -0.3 is 10.9 Å². The molecular formula is C10H16N4O3S. The number of nitrogens with one attached hydrogen (secondary N) is 2. The first-order valence-electron chi connectivity index (χ1n) is 5.29. The van der Waals surface area contributed by atoms with Gasteiger partial charge in [0.05, 0.1) is 0 Å². The Morgan fingerprint density at radius 2 is 1.94 bits per heavy atom. The van der Waals surface area contributed by atoms with Crippen molar-refractivity contribution in [3.63, 3.8) is 0 Å². The monoisotopic (exact) mass is 272 g/mol. The molecule has 0 spiro atoms. The second-order valence-electron chi connectivity index (χ2n) is 3.50. The zero-order valence-corrected chi connectivity index (χ0v) is 10.7. The average Bonchev–Trinajstić information content (AvgIpc) is 2.36. The van der Waals surface area contributed by atoms with Crippen LogP contribution in [0.5, 0.6) is 0 Å². The molecule has 0 unspecified atom stereocenters. The molecule has 0 amide bonds. The van der Waals surface area contributed by atoms with Crippen LogP contribution in [0.3, 0.4) is 0 Å². The van der Waals surface area contributed by atoms with Crippen molar-refractivity contribution in [1.82, 2.24) is 9.44 Å². The van der Waals surface area contributed by atoms with Crippen molar-refractivity contribution in [2.45, 2.75) is 13.5 Å². The minimum absolute atomic E-state index is 0.00906. The summed E-state index contributed by atoms with van der Waals surface area (Å²) < 4.78 is 27.4. The Balaban J connectivity index is 2.65. The number of hydrogen-bond acceptors (Lipinski definition) is 4. The maximum Gasteiger partial charge on any atom is 0.277 e. The van der Waals surface area contributed by atoms with E-state index in [0.717, 1.165) is 5.56 Å². The van der Waals surface area contributed by atoms with Gasteiger partial charge in [0.15, 0.2) is 5.84 Å². The van der Waals surface area contributed by atoms with E-state index < -0.39 is 10.2 Å². The van der Waals surface area contributed by atoms with Gasteiger partial charge in [-0.2, -0.15) is 13.1 Å². The molecule has 0 aliphatic heterocycles. The third-order valence-corrected chi connectivity index (χ3v) is 3.35. The lowest BCUT2D eigenvalue weighted by Gasteiger charge is -2.07. The Kier molecular flexibility index (Phi) is 5.08. The summed E-state index contributed by atoms with van der Waals surface area (Å²) in [5.41, 5.74) is 6.74. The lowest BCUT2D eigenvalue weighted by Crippen LogP contribution is -2.35. The highest BCUT2D eigenvalue weighted by molar-refractivity contribution is 7.87. The molecule has 0 aliphatic rings. The minimum atomic E-state index is -3.45. The van der Waals surface area contributed by atoms with Gasteiger partial charge in [0.25, 0.3) is 10.2 Å². The van der Waals surface area contributed by atoms with Gasteiger partial charge in [-0.05, 0) is 5.56 Å². The van der Waals surface area contributed by atoms with Crippen LogP contribution < -0.4 is 15.2 Å². The number of amidine groups is 1. The molecule has 0 atom stereocenters. The molecule has 8 heteroatoms. The highest BCUT2D eigenvalue weighted by Gasteiger charge is 2.07. The number of benzene rings is 1. The van der Waals surface area contributed by atoms with E-state index in [-0.39, 0.29) is 12.4 Å². The molecule has 0 aromatic heterocycles. The topological polar surface area (TPSA) is 117 Å². The van der Waals surface area contributed by atoms with Crippen LogP contribution in [-0.2, 0) is 16.8 Å². The standard InChI is InChI=1S/C10H16N4O3S/c1-2-12-18(16,17)13-7-8-3-5-9(6-4-8)10(11)14-15/h3-6,12-13,15H,2,7H2,1H3,(H2,11,14). The van der Waals surface area contributed by atoms with E-state index in [4.69, 9.17) is 10.9 Å². The van der Waals surface area contributed by atoms with Gasteiger partial charge in [-0.25, -0.2) is 4.72 Å². The average molecular weight is 272 g/mol. The van der Waals surface area contributed by atoms with Crippen molar-refractivity contribution in [2.75, 3.05) is 6.54 Å². The highest BCUT2D eigenvalue weighted by atomic mass is 32.2. The number of nitrogens with zero attached hydrogens (tertiary/aromatic N) is 1. The highest BCUT2D eigenvalue weighted by Crippen LogP contribution is 2.04. The predicted molar refractivity (Wildman–Crippen MR) is 68.4 cm³/mol. The largest absolute Gasteiger partial charge is 0.409 e. The quantitative estimate of drug-likeness (QED) is 0.247. The third-order valence-electron chi connectivity index (χ3n) is 2.16. The first kappa shape index (κ1) is 14.4. The van der Waals surface area contributed by atoms with Gasteiger partial charge >= 0.3 is 0 Å². The van der Waals surface area contributed by atoms with E-state index in [1.807, 2.05) is 0 Å². The van der Waals surface area contributed by atoms with Crippen molar-refractivity contribution >= 4 is 16.0 Å². The van der Waals surface area contributed by atoms with Crippen LogP contribution in [0.4, 0.5) is 0 Å². The fraction of sp³-hybridized carbons (Fsp3) is 0.300. The molecule has 0 saturated heterocycles. The lowest BCUT2D eigenvalue weighted by molar-refractivity contribution is 0.318. The molecule has 0 aliphatic carbocycles. The Hall–Kier alpha value is -1.64. The molecule has 5 N–H and O–H groups in total. The number of rotatable bonds is 6. The van der Waals surface area contributed by atoms with E-state index in [1.54, 1.807) is 31.2 Å². The molecule has 7 nitrogen and oxygen atoms in total. The van der Waals surface area contributed by atoms with E-state index in [9.17, 15) is 8.42 Å². The number of oxime groups is 1. The Morgan fingerprint density at radius 3 is 2.44 bits per heavy atom. The molecule has 0 fully saturated rings. The molecule has 0 bridgehead atoms. The van der Waals surface area contributed by atoms with Gasteiger partial charge in [-0.3, -0.25) is 0 Å². The van der Waals surface area contributed by atoms with Crippen LogP contribution in [0.25, 0.3) is 0 Å². The smallest absolute Gasteiger partial charge is 0.277 e. The Morgan fingerprint density at radius 1 is 1.33 bits per heavy atom. The summed E-state index contributed by atoms with van der Waals surface area (Å²) in [4.78, 5) is 0. The summed E-state index contributed by atoms with van der Waals surface area (Å²) in [7, 11) is -3.45. The summed E-state index contributed by atoms with van der Waals surface area (Å²) >= 11 is 0. The molecule has 18 heavy (non-hydrogen) atoms. The summed E-state index contributed by atoms with van der Waals surface area (Å²) in [5.74, 6) is 0.00906. The van der Waals surface area contributed by atoms with Crippen molar-refractivity contribution in [3.8, 4) is 0 Å². The first-order chi connectivity index (χ1) is 8.48. The first-order valence-corrected chi connectivity index (χ1v) is 6.78. The van der Waals surface area contributed by atoms with Crippen molar-refractivity contribution < 1.29 is 13.6 Å². The van der Waals surface area contributed by atoms with E-state index in [1.165, 1.54) is 0 Å². The van der Waals surface area contributed by atoms with Gasteiger partial charge in [-0.1, -0.05) is 36.3 Å². The molecule has 1 aromatic rings. The SMILES string of the molecule is CCNS(=O)(=O)NCc1ccc(/C(N)=N/O)cc1. The minimum Gasteiger partial charge on any atom is -0.409 e. The zero-order valence-electron chi connectivity index (χ0n) is 9.92. The molecular weight excluding hydrogens is 256 g/mol. The summed E-state index contributed by atoms with van der Waals surface area (Å²) in [6.45, 7) is 2.20. The number of nitrogens with two attached hydrogens (primary N) is 1. The molecule has 0 radical (unpaired) electrons. The fourth-order valence-corrected chi connectivity index (χ4v) is 2.11. The van der Waals surface area contributed by atoms with Crippen LogP contribution in [0, 0.1) is 0 Å². The molecule has 1 rings (SSSR count). The zero-order chi connectivity index (χ0) is 13.6. The second-order valence-corrected chi connectivity index (χ2v) is 5.09. The normalized spacial score (nSPS) is 12.6. The maximum atomic E-state index is 11.3. The van der Waals surface area contributed by atoms with Gasteiger partial charge in [0.2, 0.25) is 0 Å². The number of hydrogen-bond donors (Lipinski definition) is 4. The van der Waals surface area contributed by atoms with Crippen LogP contribution in [0.15, 0.2) is 29.4 Å². The lowest BCUT2D eigenvalue weighted by atomic mass is 10.1. The molecule has 1 aromatic carbocycles. The van der Waals surface area contributed by atoms with Crippen LogP contribution in [-0.4, -0.2) is 26.0 Å². The van der Waals surface area contributed by atoms with Gasteiger partial charge in [0.1, 0.15) is 0 Å². The Labute approximate surface area is 106 Å².